The number of nitrogens with one attached hydrogen (secondary N) is 1. The maximum atomic E-state index is 12.7. The Bertz CT molecular complexity index is 794. The summed E-state index contributed by atoms with van der Waals surface area (Å²) in [6, 6.07) is 11.8. The molecule has 2 aromatic rings. The number of aryl methyl sites for hydroxylation is 1. The molecule has 1 aromatic heterocycles. The van der Waals surface area contributed by atoms with E-state index in [1.165, 1.54) is 4.90 Å². The number of carbonyl (C=O) groups excluding carboxylic acids is 2. The first-order chi connectivity index (χ1) is 12.0. The molecule has 25 heavy (non-hydrogen) atoms. The zero-order valence-electron chi connectivity index (χ0n) is 13.9. The molecule has 0 saturated carbocycles. The summed E-state index contributed by atoms with van der Waals surface area (Å²) in [5, 5.41) is 3.34. The lowest BCUT2D eigenvalue weighted by Crippen LogP contribution is -2.51. The van der Waals surface area contributed by atoms with E-state index < -0.39 is 12.1 Å². The monoisotopic (exact) mass is 359 g/mol. The lowest BCUT2D eigenvalue weighted by molar-refractivity contribution is -0.160. The van der Waals surface area contributed by atoms with Crippen LogP contribution in [-0.2, 0) is 14.3 Å². The number of pyridine rings is 1. The van der Waals surface area contributed by atoms with E-state index in [1.807, 2.05) is 19.1 Å². The van der Waals surface area contributed by atoms with Crippen LogP contribution in [0.15, 0.2) is 42.5 Å². The Morgan fingerprint density at radius 1 is 1.28 bits per heavy atom. The van der Waals surface area contributed by atoms with Crippen LogP contribution in [0, 0.1) is 6.92 Å². The molecule has 0 aliphatic carbocycles. The van der Waals surface area contributed by atoms with Crippen LogP contribution in [0.25, 0.3) is 0 Å². The number of rotatable bonds is 3. The van der Waals surface area contributed by atoms with Crippen molar-refractivity contribution in [3.05, 3.63) is 58.7 Å². The van der Waals surface area contributed by atoms with Crippen LogP contribution in [0.3, 0.4) is 0 Å². The fraction of sp³-hybridized carbons (Fsp3) is 0.278. The van der Waals surface area contributed by atoms with Crippen LogP contribution in [0.5, 0.6) is 0 Å². The molecule has 1 saturated heterocycles. The van der Waals surface area contributed by atoms with Gasteiger partial charge in [-0.2, -0.15) is 0 Å². The van der Waals surface area contributed by atoms with Gasteiger partial charge in [-0.3, -0.25) is 9.59 Å². The Balaban J connectivity index is 1.87. The molecule has 1 aliphatic heterocycles. The average Bonchev–Trinajstić information content (AvgIpc) is 2.58. The summed E-state index contributed by atoms with van der Waals surface area (Å²) in [7, 11) is 1.66. The second-order valence-electron chi connectivity index (χ2n) is 5.89. The SMILES string of the molecule is Cc1cccc(NC(=O)[C@@H]2OCC(=O)N(C)[C@@H]2c2ccc(Cl)cc2)n1. The van der Waals surface area contributed by atoms with E-state index in [2.05, 4.69) is 10.3 Å². The van der Waals surface area contributed by atoms with E-state index in [-0.39, 0.29) is 18.4 Å². The predicted molar refractivity (Wildman–Crippen MR) is 94.3 cm³/mol. The summed E-state index contributed by atoms with van der Waals surface area (Å²) in [6.45, 7) is 1.70. The van der Waals surface area contributed by atoms with Gasteiger partial charge < -0.3 is 15.0 Å². The Labute approximate surface area is 150 Å². The normalized spacial score (nSPS) is 20.4. The molecule has 1 fully saturated rings. The quantitative estimate of drug-likeness (QED) is 0.914. The molecule has 0 spiro atoms. The van der Waals surface area contributed by atoms with Crippen molar-refractivity contribution in [3.8, 4) is 0 Å². The Morgan fingerprint density at radius 3 is 2.68 bits per heavy atom. The van der Waals surface area contributed by atoms with Crippen molar-refractivity contribution in [2.75, 3.05) is 19.0 Å². The fourth-order valence-corrected chi connectivity index (χ4v) is 2.93. The highest BCUT2D eigenvalue weighted by Gasteiger charge is 2.40. The minimum atomic E-state index is -0.841. The molecule has 1 N–H and O–H groups in total. The number of hydrogen-bond donors (Lipinski definition) is 1. The maximum absolute atomic E-state index is 12.7. The molecule has 2 heterocycles. The number of benzene rings is 1. The molecule has 130 valence electrons. The van der Waals surface area contributed by atoms with Crippen molar-refractivity contribution < 1.29 is 14.3 Å². The van der Waals surface area contributed by atoms with Gasteiger partial charge in [0.05, 0.1) is 6.04 Å². The van der Waals surface area contributed by atoms with Crippen LogP contribution >= 0.6 is 11.6 Å². The van der Waals surface area contributed by atoms with Crippen LogP contribution in [0.2, 0.25) is 5.02 Å². The highest BCUT2D eigenvalue weighted by molar-refractivity contribution is 6.30. The lowest BCUT2D eigenvalue weighted by atomic mass is 9.97. The van der Waals surface area contributed by atoms with Gasteiger partial charge in [0, 0.05) is 17.8 Å². The molecular weight excluding hydrogens is 342 g/mol. The highest BCUT2D eigenvalue weighted by Crippen LogP contribution is 2.30. The molecule has 2 amide bonds. The van der Waals surface area contributed by atoms with Crippen molar-refractivity contribution in [2.45, 2.75) is 19.1 Å². The number of halogens is 1. The van der Waals surface area contributed by atoms with E-state index >= 15 is 0 Å². The number of likely N-dealkylation sites (N-methyl/N-ethyl adjacent to an activating group) is 1. The molecular formula is C18H18ClN3O3. The smallest absolute Gasteiger partial charge is 0.257 e. The number of amides is 2. The van der Waals surface area contributed by atoms with Gasteiger partial charge in [0.15, 0.2) is 6.10 Å². The summed E-state index contributed by atoms with van der Waals surface area (Å²) >= 11 is 5.94. The standard InChI is InChI=1S/C18H18ClN3O3/c1-11-4-3-5-14(20-11)21-18(24)17-16(22(2)15(23)10-25-17)12-6-8-13(19)9-7-12/h3-9,16-17H,10H2,1-2H3,(H,20,21,24)/t16-,17-/m1/s1. The van der Waals surface area contributed by atoms with Crippen molar-refractivity contribution in [3.63, 3.8) is 0 Å². The number of aromatic nitrogens is 1. The van der Waals surface area contributed by atoms with E-state index in [0.717, 1.165) is 11.3 Å². The summed E-state index contributed by atoms with van der Waals surface area (Å²) in [5.74, 6) is -0.0851. The van der Waals surface area contributed by atoms with Gasteiger partial charge in [0.25, 0.3) is 5.91 Å². The van der Waals surface area contributed by atoms with Gasteiger partial charge in [-0.05, 0) is 36.8 Å². The van der Waals surface area contributed by atoms with Gasteiger partial charge in [0.2, 0.25) is 5.91 Å². The number of nitrogens with zero attached hydrogens (tertiary/aromatic N) is 2. The number of anilines is 1. The maximum Gasteiger partial charge on any atom is 0.257 e. The van der Waals surface area contributed by atoms with E-state index in [9.17, 15) is 9.59 Å². The Morgan fingerprint density at radius 2 is 2.00 bits per heavy atom. The van der Waals surface area contributed by atoms with Crippen LogP contribution in [0.4, 0.5) is 5.82 Å². The van der Waals surface area contributed by atoms with Gasteiger partial charge in [0.1, 0.15) is 12.4 Å². The van der Waals surface area contributed by atoms with Crippen molar-refractivity contribution in [1.29, 1.82) is 0 Å². The minimum Gasteiger partial charge on any atom is -0.356 e. The zero-order chi connectivity index (χ0) is 18.0. The second-order valence-corrected chi connectivity index (χ2v) is 6.32. The van der Waals surface area contributed by atoms with E-state index in [1.54, 1.807) is 37.4 Å². The lowest BCUT2D eigenvalue weighted by Gasteiger charge is -2.38. The summed E-state index contributed by atoms with van der Waals surface area (Å²) in [6.07, 6.45) is -0.841. The third-order valence-electron chi connectivity index (χ3n) is 4.09. The number of morpholine rings is 1. The first-order valence-corrected chi connectivity index (χ1v) is 8.21. The molecule has 0 unspecified atom stereocenters. The van der Waals surface area contributed by atoms with Crippen molar-refractivity contribution >= 4 is 29.2 Å². The van der Waals surface area contributed by atoms with Crippen LogP contribution in [-0.4, -0.2) is 41.5 Å². The van der Waals surface area contributed by atoms with Crippen molar-refractivity contribution in [1.82, 2.24) is 9.88 Å². The third kappa shape index (κ3) is 3.81. The van der Waals surface area contributed by atoms with Gasteiger partial charge in [-0.25, -0.2) is 4.98 Å². The Kier molecular flexibility index (Phi) is 5.01. The number of hydrogen-bond acceptors (Lipinski definition) is 4. The molecule has 0 bridgehead atoms. The molecule has 0 radical (unpaired) electrons. The molecule has 3 rings (SSSR count). The van der Waals surface area contributed by atoms with E-state index in [0.29, 0.717) is 10.8 Å². The van der Waals surface area contributed by atoms with Gasteiger partial charge >= 0.3 is 0 Å². The molecule has 2 atom stereocenters. The van der Waals surface area contributed by atoms with Crippen LogP contribution < -0.4 is 5.32 Å². The molecule has 6 nitrogen and oxygen atoms in total. The minimum absolute atomic E-state index is 0.139. The second kappa shape index (κ2) is 7.21. The summed E-state index contributed by atoms with van der Waals surface area (Å²) < 4.78 is 5.56. The average molecular weight is 360 g/mol. The van der Waals surface area contributed by atoms with Crippen molar-refractivity contribution in [2.24, 2.45) is 0 Å². The number of carbonyl (C=O) groups is 2. The Hall–Kier alpha value is -2.44. The van der Waals surface area contributed by atoms with E-state index in [4.69, 9.17) is 16.3 Å². The summed E-state index contributed by atoms with van der Waals surface area (Å²) in [5.41, 5.74) is 1.57. The predicted octanol–water partition coefficient (Wildman–Crippen LogP) is 2.58. The van der Waals surface area contributed by atoms with Crippen LogP contribution in [0.1, 0.15) is 17.3 Å². The van der Waals surface area contributed by atoms with Gasteiger partial charge in [-0.15, -0.1) is 0 Å². The topological polar surface area (TPSA) is 71.5 Å². The third-order valence-corrected chi connectivity index (χ3v) is 4.35. The fourth-order valence-electron chi connectivity index (χ4n) is 2.80. The summed E-state index contributed by atoms with van der Waals surface area (Å²) in [4.78, 5) is 30.6. The number of ether oxygens (including phenoxy) is 1. The molecule has 1 aromatic carbocycles. The molecule has 1 aliphatic rings. The zero-order valence-corrected chi connectivity index (χ0v) is 14.7. The highest BCUT2D eigenvalue weighted by atomic mass is 35.5. The molecule has 7 heteroatoms. The largest absolute Gasteiger partial charge is 0.356 e. The first-order valence-electron chi connectivity index (χ1n) is 7.83. The first kappa shape index (κ1) is 17.4. The van der Waals surface area contributed by atoms with Gasteiger partial charge in [-0.1, -0.05) is 29.8 Å².